The van der Waals surface area contributed by atoms with E-state index < -0.39 is 0 Å². The SMILES string of the molecule is CC1CCCCCCC1.NCCN. The second-order valence-electron chi connectivity index (χ2n) is 4.03. The molecule has 0 aliphatic heterocycles. The van der Waals surface area contributed by atoms with Crippen LogP contribution in [0.25, 0.3) is 0 Å². The average Bonchev–Trinajstić information content (AvgIpc) is 2.12. The molecule has 0 spiro atoms. The van der Waals surface area contributed by atoms with Gasteiger partial charge in [0.2, 0.25) is 0 Å². The number of hydrogen-bond acceptors (Lipinski definition) is 2. The van der Waals surface area contributed by atoms with Gasteiger partial charge in [0.1, 0.15) is 0 Å². The number of hydrogen-bond donors (Lipinski definition) is 2. The Bertz CT molecular complexity index is 84.1. The molecular formula is C11H26N2. The van der Waals surface area contributed by atoms with Crippen molar-refractivity contribution < 1.29 is 0 Å². The van der Waals surface area contributed by atoms with E-state index in [-0.39, 0.29) is 0 Å². The van der Waals surface area contributed by atoms with Crippen molar-refractivity contribution in [2.45, 2.75) is 51.9 Å². The molecule has 0 saturated heterocycles. The molecule has 0 unspecified atom stereocenters. The normalized spacial score (nSPS) is 19.6. The van der Waals surface area contributed by atoms with Gasteiger partial charge in [-0.2, -0.15) is 0 Å². The molecule has 2 heteroatoms. The Labute approximate surface area is 83.1 Å². The summed E-state index contributed by atoms with van der Waals surface area (Å²) < 4.78 is 0. The summed E-state index contributed by atoms with van der Waals surface area (Å²) in [4.78, 5) is 0. The predicted octanol–water partition coefficient (Wildman–Crippen LogP) is 2.27. The van der Waals surface area contributed by atoms with Crippen molar-refractivity contribution in [3.05, 3.63) is 0 Å². The van der Waals surface area contributed by atoms with E-state index in [2.05, 4.69) is 6.92 Å². The van der Waals surface area contributed by atoms with Crippen molar-refractivity contribution in [1.29, 1.82) is 0 Å². The minimum absolute atomic E-state index is 0.597. The third-order valence-corrected chi connectivity index (χ3v) is 2.56. The van der Waals surface area contributed by atoms with Crippen LogP contribution in [0.1, 0.15) is 51.9 Å². The van der Waals surface area contributed by atoms with E-state index in [0.717, 1.165) is 5.92 Å². The summed E-state index contributed by atoms with van der Waals surface area (Å²) in [5.74, 6) is 1.02. The molecule has 2 nitrogen and oxygen atoms in total. The van der Waals surface area contributed by atoms with Gasteiger partial charge in [0, 0.05) is 13.1 Å². The van der Waals surface area contributed by atoms with Crippen LogP contribution in [0.5, 0.6) is 0 Å². The molecule has 0 heterocycles. The Morgan fingerprint density at radius 3 is 1.62 bits per heavy atom. The van der Waals surface area contributed by atoms with Crippen molar-refractivity contribution in [3.63, 3.8) is 0 Å². The molecule has 1 aliphatic rings. The highest BCUT2D eigenvalue weighted by atomic mass is 14.6. The Kier molecular flexibility index (Phi) is 9.94. The first-order valence-electron chi connectivity index (χ1n) is 5.71. The van der Waals surface area contributed by atoms with Crippen LogP contribution in [0.2, 0.25) is 0 Å². The van der Waals surface area contributed by atoms with Crippen LogP contribution in [0, 0.1) is 5.92 Å². The van der Waals surface area contributed by atoms with Crippen molar-refractivity contribution >= 4 is 0 Å². The van der Waals surface area contributed by atoms with Crippen LogP contribution >= 0.6 is 0 Å². The van der Waals surface area contributed by atoms with E-state index in [1.807, 2.05) is 0 Å². The predicted molar refractivity (Wildman–Crippen MR) is 59.6 cm³/mol. The zero-order valence-corrected chi connectivity index (χ0v) is 9.10. The van der Waals surface area contributed by atoms with E-state index in [9.17, 15) is 0 Å². The summed E-state index contributed by atoms with van der Waals surface area (Å²) in [5.41, 5.74) is 9.81. The molecule has 0 atom stereocenters. The second-order valence-corrected chi connectivity index (χ2v) is 4.03. The van der Waals surface area contributed by atoms with Gasteiger partial charge in [0.25, 0.3) is 0 Å². The van der Waals surface area contributed by atoms with Gasteiger partial charge in [0.05, 0.1) is 0 Å². The van der Waals surface area contributed by atoms with Gasteiger partial charge in [-0.15, -0.1) is 0 Å². The van der Waals surface area contributed by atoms with E-state index in [1.165, 1.54) is 44.9 Å². The average molecular weight is 186 g/mol. The highest BCUT2D eigenvalue weighted by Crippen LogP contribution is 2.20. The van der Waals surface area contributed by atoms with Crippen molar-refractivity contribution in [2.24, 2.45) is 17.4 Å². The zero-order valence-electron chi connectivity index (χ0n) is 9.10. The van der Waals surface area contributed by atoms with Gasteiger partial charge in [-0.3, -0.25) is 0 Å². The van der Waals surface area contributed by atoms with Gasteiger partial charge in [0.15, 0.2) is 0 Å². The maximum absolute atomic E-state index is 4.90. The van der Waals surface area contributed by atoms with Gasteiger partial charge in [-0.05, 0) is 5.92 Å². The molecule has 4 N–H and O–H groups in total. The zero-order chi connectivity index (χ0) is 9.94. The van der Waals surface area contributed by atoms with E-state index in [0.29, 0.717) is 13.1 Å². The standard InChI is InChI=1S/C9H18.C2H8N2/c1-9-7-5-3-2-4-6-8-9;3-1-2-4/h9H,2-8H2,1H3;1-4H2. The molecule has 1 saturated carbocycles. The molecule has 0 amide bonds. The van der Waals surface area contributed by atoms with Gasteiger partial charge < -0.3 is 11.5 Å². The molecule has 13 heavy (non-hydrogen) atoms. The van der Waals surface area contributed by atoms with E-state index in [1.54, 1.807) is 0 Å². The fraction of sp³-hybridized carbons (Fsp3) is 1.00. The third-order valence-electron chi connectivity index (χ3n) is 2.56. The van der Waals surface area contributed by atoms with Crippen molar-refractivity contribution in [3.8, 4) is 0 Å². The fourth-order valence-electron chi connectivity index (χ4n) is 1.66. The van der Waals surface area contributed by atoms with Crippen LogP contribution in [0.3, 0.4) is 0 Å². The summed E-state index contributed by atoms with van der Waals surface area (Å²) >= 11 is 0. The third kappa shape index (κ3) is 9.84. The molecule has 0 aromatic rings. The molecule has 1 rings (SSSR count). The second kappa shape index (κ2) is 10.0. The van der Waals surface area contributed by atoms with Gasteiger partial charge in [-0.25, -0.2) is 0 Å². The molecule has 0 radical (unpaired) electrons. The van der Waals surface area contributed by atoms with Crippen LogP contribution in [0.15, 0.2) is 0 Å². The molecule has 1 fully saturated rings. The summed E-state index contributed by atoms with van der Waals surface area (Å²) in [6.07, 6.45) is 10.4. The Morgan fingerprint density at radius 1 is 0.846 bits per heavy atom. The molecule has 0 bridgehead atoms. The summed E-state index contributed by atoms with van der Waals surface area (Å²) in [5, 5.41) is 0. The topological polar surface area (TPSA) is 52.0 Å². The Morgan fingerprint density at radius 2 is 1.23 bits per heavy atom. The molecular weight excluding hydrogens is 160 g/mol. The van der Waals surface area contributed by atoms with Crippen LogP contribution in [-0.4, -0.2) is 13.1 Å². The monoisotopic (exact) mass is 186 g/mol. The highest BCUT2D eigenvalue weighted by molar-refractivity contribution is 4.58. The van der Waals surface area contributed by atoms with Crippen LogP contribution < -0.4 is 11.5 Å². The summed E-state index contributed by atoms with van der Waals surface area (Å²) in [7, 11) is 0. The van der Waals surface area contributed by atoms with E-state index in [4.69, 9.17) is 11.5 Å². The molecule has 1 aliphatic carbocycles. The minimum atomic E-state index is 0.597. The molecule has 0 aromatic heterocycles. The Hall–Kier alpha value is -0.0800. The molecule has 80 valence electrons. The van der Waals surface area contributed by atoms with Crippen LogP contribution in [-0.2, 0) is 0 Å². The largest absolute Gasteiger partial charge is 0.329 e. The first-order valence-corrected chi connectivity index (χ1v) is 5.71. The summed E-state index contributed by atoms with van der Waals surface area (Å²) in [6, 6.07) is 0. The van der Waals surface area contributed by atoms with Crippen LogP contribution in [0.4, 0.5) is 0 Å². The first kappa shape index (κ1) is 12.9. The Balaban J connectivity index is 0.000000310. The molecule has 0 aromatic carbocycles. The smallest absolute Gasteiger partial charge is 0.00461 e. The lowest BCUT2D eigenvalue weighted by Gasteiger charge is -2.13. The van der Waals surface area contributed by atoms with E-state index >= 15 is 0 Å². The maximum Gasteiger partial charge on any atom is 0.00461 e. The van der Waals surface area contributed by atoms with Gasteiger partial charge in [-0.1, -0.05) is 51.9 Å². The van der Waals surface area contributed by atoms with Crippen molar-refractivity contribution in [2.75, 3.05) is 13.1 Å². The lowest BCUT2D eigenvalue weighted by Crippen LogP contribution is -2.11. The minimum Gasteiger partial charge on any atom is -0.329 e. The van der Waals surface area contributed by atoms with Crippen molar-refractivity contribution in [1.82, 2.24) is 0 Å². The number of nitrogens with two attached hydrogens (primary N) is 2. The fourth-order valence-corrected chi connectivity index (χ4v) is 1.66. The first-order chi connectivity index (χ1) is 6.31. The lowest BCUT2D eigenvalue weighted by atomic mass is 9.93. The highest BCUT2D eigenvalue weighted by Gasteiger charge is 2.04. The van der Waals surface area contributed by atoms with Gasteiger partial charge >= 0.3 is 0 Å². The summed E-state index contributed by atoms with van der Waals surface area (Å²) in [6.45, 7) is 3.59. The lowest BCUT2D eigenvalue weighted by molar-refractivity contribution is 0.404. The maximum atomic E-state index is 4.90. The number of rotatable bonds is 1. The quantitative estimate of drug-likeness (QED) is 0.660.